The van der Waals surface area contributed by atoms with Crippen molar-refractivity contribution in [3.63, 3.8) is 0 Å². The van der Waals surface area contributed by atoms with Crippen LogP contribution in [-0.4, -0.2) is 35.9 Å². The van der Waals surface area contributed by atoms with E-state index < -0.39 is 12.0 Å². The van der Waals surface area contributed by atoms with Crippen LogP contribution < -0.4 is 15.2 Å². The van der Waals surface area contributed by atoms with Crippen LogP contribution in [0.4, 0.5) is 0 Å². The van der Waals surface area contributed by atoms with Crippen LogP contribution in [0, 0.1) is 6.92 Å². The standard InChI is InChI=1S/C28H28N2O6/c1-3-34-25(32)11-8-21-16-20(12-14-30-21)27(18-4-6-19(7-5-18)28(29)33)36-24-10-9-22-23(31)13-15-35-26(22)17(24)2/h4-7,9-10,12,14,16,27H,3,8,11,13,15H2,1-2H3,(H2,29,33). The number of carbonyl (C=O) groups excluding carboxylic acids is 3. The fourth-order valence-corrected chi connectivity index (χ4v) is 4.12. The number of ether oxygens (including phenoxy) is 3. The van der Waals surface area contributed by atoms with Crippen molar-refractivity contribution in [2.45, 2.75) is 39.2 Å². The number of benzene rings is 2. The molecule has 1 aromatic heterocycles. The van der Waals surface area contributed by atoms with Crippen LogP contribution in [0.5, 0.6) is 11.5 Å². The normalized spacial score (nSPS) is 13.3. The summed E-state index contributed by atoms with van der Waals surface area (Å²) >= 11 is 0. The van der Waals surface area contributed by atoms with Crippen LogP contribution in [-0.2, 0) is 16.0 Å². The highest BCUT2D eigenvalue weighted by Gasteiger charge is 2.25. The Bertz CT molecular complexity index is 1290. The maximum absolute atomic E-state index is 12.3. The summed E-state index contributed by atoms with van der Waals surface area (Å²) in [7, 11) is 0. The number of nitrogens with zero attached hydrogens (tertiary/aromatic N) is 1. The van der Waals surface area contributed by atoms with Gasteiger partial charge in [0.15, 0.2) is 5.78 Å². The Labute approximate surface area is 209 Å². The summed E-state index contributed by atoms with van der Waals surface area (Å²) in [5.41, 5.74) is 9.41. The number of primary amides is 1. The summed E-state index contributed by atoms with van der Waals surface area (Å²) in [6, 6.07) is 14.1. The second kappa shape index (κ2) is 11.0. The number of aryl methyl sites for hydroxylation is 1. The molecule has 1 aliphatic rings. The molecule has 0 spiro atoms. The lowest BCUT2D eigenvalue weighted by molar-refractivity contribution is -0.143. The number of amides is 1. The SMILES string of the molecule is CCOC(=O)CCc1cc(C(Oc2ccc3c(c2C)OCCC3=O)c2ccc(C(N)=O)cc2)ccn1. The number of pyridine rings is 1. The molecule has 3 aromatic rings. The Morgan fingerprint density at radius 1 is 1.11 bits per heavy atom. The highest BCUT2D eigenvalue weighted by atomic mass is 16.5. The van der Waals surface area contributed by atoms with Gasteiger partial charge in [0.05, 0.1) is 25.2 Å². The highest BCUT2D eigenvalue weighted by Crippen LogP contribution is 2.38. The molecular weight excluding hydrogens is 460 g/mol. The van der Waals surface area contributed by atoms with E-state index in [2.05, 4.69) is 4.98 Å². The predicted octanol–water partition coefficient (Wildman–Crippen LogP) is 4.12. The highest BCUT2D eigenvalue weighted by molar-refractivity contribution is 6.00. The monoisotopic (exact) mass is 488 g/mol. The minimum absolute atomic E-state index is 0.0462. The van der Waals surface area contributed by atoms with Gasteiger partial charge in [-0.25, -0.2) is 0 Å². The molecule has 0 bridgehead atoms. The summed E-state index contributed by atoms with van der Waals surface area (Å²) in [5.74, 6) is 0.355. The van der Waals surface area contributed by atoms with Gasteiger partial charge in [-0.3, -0.25) is 19.4 Å². The van der Waals surface area contributed by atoms with E-state index in [1.165, 1.54) is 0 Å². The third-order valence-corrected chi connectivity index (χ3v) is 6.01. The van der Waals surface area contributed by atoms with Crippen LogP contribution in [0.15, 0.2) is 54.7 Å². The van der Waals surface area contributed by atoms with Gasteiger partial charge in [0, 0.05) is 41.4 Å². The number of hydrogen-bond donors (Lipinski definition) is 1. The number of carbonyl (C=O) groups is 3. The number of Topliss-reactive ketones (excluding diaryl/α,β-unsaturated/α-hetero) is 1. The molecule has 1 amide bonds. The van der Waals surface area contributed by atoms with Crippen molar-refractivity contribution >= 4 is 17.7 Å². The van der Waals surface area contributed by atoms with Crippen LogP contribution in [0.25, 0.3) is 0 Å². The van der Waals surface area contributed by atoms with E-state index in [4.69, 9.17) is 19.9 Å². The molecule has 0 aliphatic carbocycles. The fraction of sp³-hybridized carbons (Fsp3) is 0.286. The molecule has 0 fully saturated rings. The molecule has 186 valence electrons. The molecule has 2 N–H and O–H groups in total. The Balaban J connectivity index is 1.69. The Morgan fingerprint density at radius 2 is 1.89 bits per heavy atom. The first kappa shape index (κ1) is 24.9. The minimum atomic E-state index is -0.563. The molecule has 4 rings (SSSR count). The van der Waals surface area contributed by atoms with Gasteiger partial charge in [-0.1, -0.05) is 12.1 Å². The van der Waals surface area contributed by atoms with Gasteiger partial charge in [0.25, 0.3) is 0 Å². The first-order valence-electron chi connectivity index (χ1n) is 11.8. The molecule has 36 heavy (non-hydrogen) atoms. The zero-order valence-electron chi connectivity index (χ0n) is 20.3. The molecular formula is C28H28N2O6. The fourth-order valence-electron chi connectivity index (χ4n) is 4.12. The van der Waals surface area contributed by atoms with Gasteiger partial charge < -0.3 is 19.9 Å². The van der Waals surface area contributed by atoms with Gasteiger partial charge >= 0.3 is 5.97 Å². The molecule has 2 heterocycles. The molecule has 0 radical (unpaired) electrons. The molecule has 1 unspecified atom stereocenters. The van der Waals surface area contributed by atoms with Gasteiger partial charge in [0.1, 0.15) is 17.6 Å². The number of esters is 1. The second-order valence-corrected chi connectivity index (χ2v) is 8.46. The predicted molar refractivity (Wildman–Crippen MR) is 132 cm³/mol. The molecule has 0 saturated heterocycles. The average molecular weight is 489 g/mol. The van der Waals surface area contributed by atoms with Crippen molar-refractivity contribution in [3.05, 3.63) is 88.2 Å². The van der Waals surface area contributed by atoms with E-state index in [0.29, 0.717) is 48.7 Å². The maximum atomic E-state index is 12.3. The summed E-state index contributed by atoms with van der Waals surface area (Å²) in [4.78, 5) is 40.1. The Morgan fingerprint density at radius 3 is 2.61 bits per heavy atom. The lowest BCUT2D eigenvalue weighted by atomic mass is 9.98. The van der Waals surface area contributed by atoms with Crippen LogP contribution in [0.2, 0.25) is 0 Å². The molecule has 8 heteroatoms. The van der Waals surface area contributed by atoms with Crippen LogP contribution >= 0.6 is 0 Å². The van der Waals surface area contributed by atoms with Crippen LogP contribution in [0.3, 0.4) is 0 Å². The number of nitrogens with two attached hydrogens (primary N) is 1. The number of ketones is 1. The van der Waals surface area contributed by atoms with Gasteiger partial charge in [-0.05, 0) is 55.8 Å². The lowest BCUT2D eigenvalue weighted by Gasteiger charge is -2.25. The number of hydrogen-bond acceptors (Lipinski definition) is 7. The van der Waals surface area contributed by atoms with Gasteiger partial charge in [-0.2, -0.15) is 0 Å². The maximum Gasteiger partial charge on any atom is 0.306 e. The molecule has 8 nitrogen and oxygen atoms in total. The topological polar surface area (TPSA) is 118 Å². The molecule has 1 aliphatic heterocycles. The lowest BCUT2D eigenvalue weighted by Crippen LogP contribution is -2.17. The summed E-state index contributed by atoms with van der Waals surface area (Å²) in [5, 5.41) is 0. The number of fused-ring (bicyclic) bond motifs is 1. The zero-order chi connectivity index (χ0) is 25.7. The molecule has 2 aromatic carbocycles. The number of rotatable bonds is 9. The first-order valence-corrected chi connectivity index (χ1v) is 11.8. The molecule has 0 saturated carbocycles. The van der Waals surface area contributed by atoms with Crippen molar-refractivity contribution in [1.82, 2.24) is 4.98 Å². The second-order valence-electron chi connectivity index (χ2n) is 8.46. The van der Waals surface area contributed by atoms with Crippen molar-refractivity contribution in [3.8, 4) is 11.5 Å². The van der Waals surface area contributed by atoms with Crippen molar-refractivity contribution < 1.29 is 28.6 Å². The van der Waals surface area contributed by atoms with E-state index in [1.54, 1.807) is 49.5 Å². The quantitative estimate of drug-likeness (QED) is 0.450. The van der Waals surface area contributed by atoms with Gasteiger partial charge in [0.2, 0.25) is 5.91 Å². The minimum Gasteiger partial charge on any atom is -0.492 e. The van der Waals surface area contributed by atoms with E-state index in [-0.39, 0.29) is 18.2 Å². The van der Waals surface area contributed by atoms with E-state index in [1.807, 2.05) is 19.1 Å². The molecule has 1 atom stereocenters. The summed E-state index contributed by atoms with van der Waals surface area (Å²) in [6.45, 7) is 4.30. The summed E-state index contributed by atoms with van der Waals surface area (Å²) in [6.07, 6.45) is 2.11. The Kier molecular flexibility index (Phi) is 7.63. The number of aromatic nitrogens is 1. The average Bonchev–Trinajstić information content (AvgIpc) is 2.88. The third kappa shape index (κ3) is 5.54. The van der Waals surface area contributed by atoms with E-state index >= 15 is 0 Å². The zero-order valence-corrected chi connectivity index (χ0v) is 20.3. The van der Waals surface area contributed by atoms with Crippen molar-refractivity contribution in [2.24, 2.45) is 5.73 Å². The first-order chi connectivity index (χ1) is 17.4. The largest absolute Gasteiger partial charge is 0.492 e. The van der Waals surface area contributed by atoms with Crippen molar-refractivity contribution in [2.75, 3.05) is 13.2 Å². The van der Waals surface area contributed by atoms with Gasteiger partial charge in [-0.15, -0.1) is 0 Å². The third-order valence-electron chi connectivity index (χ3n) is 6.01. The Hall–Kier alpha value is -4.20. The van der Waals surface area contributed by atoms with Crippen molar-refractivity contribution in [1.29, 1.82) is 0 Å². The van der Waals surface area contributed by atoms with E-state index in [0.717, 1.165) is 22.4 Å². The van der Waals surface area contributed by atoms with Crippen LogP contribution in [0.1, 0.15) is 69.0 Å². The summed E-state index contributed by atoms with van der Waals surface area (Å²) < 4.78 is 17.3. The van der Waals surface area contributed by atoms with E-state index in [9.17, 15) is 14.4 Å². The smallest absolute Gasteiger partial charge is 0.306 e.